The van der Waals surface area contributed by atoms with E-state index < -0.39 is 11.4 Å². The topological polar surface area (TPSA) is 126 Å². The maximum absolute atomic E-state index is 10.8. The van der Waals surface area contributed by atoms with Gasteiger partial charge in [0.2, 0.25) is 0 Å². The Bertz CT molecular complexity index is 504. The molecule has 0 aliphatic carbocycles. The third-order valence-electron chi connectivity index (χ3n) is 1.30. The van der Waals surface area contributed by atoms with Crippen LogP contribution in [0.4, 0.5) is 0 Å². The van der Waals surface area contributed by atoms with Crippen LogP contribution in [0.1, 0.15) is 0 Å². The second-order valence-corrected chi connectivity index (χ2v) is 2.19. The third-order valence-corrected chi connectivity index (χ3v) is 1.30. The SMILES string of the molecule is O=c1[nH]ncn1N=Nn1cn[nH]c1=O. The molecule has 14 heavy (non-hydrogen) atoms. The summed E-state index contributed by atoms with van der Waals surface area (Å²) in [5, 5.41) is 17.8. The first kappa shape index (κ1) is 8.10. The molecule has 10 nitrogen and oxygen atoms in total. The maximum atomic E-state index is 10.8. The summed E-state index contributed by atoms with van der Waals surface area (Å²) in [5.74, 6) is 0. The summed E-state index contributed by atoms with van der Waals surface area (Å²) in [6.45, 7) is 0. The number of hydrogen-bond acceptors (Lipinski definition) is 6. The molecular weight excluding hydrogens is 192 g/mol. The van der Waals surface area contributed by atoms with Gasteiger partial charge in [0.15, 0.2) is 0 Å². The zero-order valence-electron chi connectivity index (χ0n) is 6.65. The Morgan fingerprint density at radius 2 is 1.43 bits per heavy atom. The molecule has 0 bridgehead atoms. The Kier molecular flexibility index (Phi) is 1.78. The molecule has 72 valence electrons. The molecule has 0 aliphatic heterocycles. The van der Waals surface area contributed by atoms with Gasteiger partial charge in [-0.15, -0.1) is 9.35 Å². The van der Waals surface area contributed by atoms with Crippen molar-refractivity contribution >= 4 is 0 Å². The molecule has 2 aromatic rings. The third kappa shape index (κ3) is 1.35. The molecule has 2 rings (SSSR count). The fraction of sp³-hybridized carbons (Fsp3) is 0. The van der Waals surface area contributed by atoms with E-state index in [4.69, 9.17) is 0 Å². The van der Waals surface area contributed by atoms with Gasteiger partial charge in [0.25, 0.3) is 0 Å². The molecular formula is C4H4N8O2. The summed E-state index contributed by atoms with van der Waals surface area (Å²) in [5.41, 5.74) is -1.10. The van der Waals surface area contributed by atoms with Crippen LogP contribution in [0.15, 0.2) is 32.7 Å². The van der Waals surface area contributed by atoms with Gasteiger partial charge >= 0.3 is 11.4 Å². The fourth-order valence-electron chi connectivity index (χ4n) is 0.698. The second kappa shape index (κ2) is 3.08. The van der Waals surface area contributed by atoms with Crippen molar-refractivity contribution in [1.29, 1.82) is 0 Å². The Morgan fingerprint density at radius 1 is 1.00 bits per heavy atom. The van der Waals surface area contributed by atoms with E-state index in [9.17, 15) is 9.59 Å². The predicted octanol–water partition coefficient (Wildman–Crippen LogP) is -1.87. The molecule has 0 saturated heterocycles. The van der Waals surface area contributed by atoms with E-state index >= 15 is 0 Å². The maximum Gasteiger partial charge on any atom is 0.365 e. The van der Waals surface area contributed by atoms with Crippen LogP contribution in [0, 0.1) is 0 Å². The van der Waals surface area contributed by atoms with Crippen LogP contribution in [-0.4, -0.2) is 29.7 Å². The lowest BCUT2D eigenvalue weighted by Crippen LogP contribution is -2.14. The van der Waals surface area contributed by atoms with Crippen molar-refractivity contribution in [2.75, 3.05) is 0 Å². The van der Waals surface area contributed by atoms with Crippen LogP contribution >= 0.6 is 0 Å². The Hall–Kier alpha value is -2.52. The van der Waals surface area contributed by atoms with Crippen LogP contribution in [0.25, 0.3) is 0 Å². The molecule has 0 atom stereocenters. The first-order valence-electron chi connectivity index (χ1n) is 3.44. The Labute approximate surface area is 74.9 Å². The highest BCUT2D eigenvalue weighted by Crippen LogP contribution is 1.79. The quantitative estimate of drug-likeness (QED) is 0.545. The van der Waals surface area contributed by atoms with E-state index in [1.54, 1.807) is 0 Å². The Balaban J connectivity index is 2.32. The minimum atomic E-state index is -0.551. The molecule has 2 N–H and O–H groups in total. The standard InChI is InChI=1S/C4H4N8O2/c13-3-7-5-1-11(3)9-10-12-2-6-8-4(12)14/h1-2H,(H,7,13)(H,8,14). The van der Waals surface area contributed by atoms with Crippen LogP contribution in [0.5, 0.6) is 0 Å². The number of hydrogen-bond donors (Lipinski definition) is 2. The van der Waals surface area contributed by atoms with Gasteiger partial charge in [0, 0.05) is 0 Å². The monoisotopic (exact) mass is 196 g/mol. The molecule has 2 heterocycles. The van der Waals surface area contributed by atoms with Crippen molar-refractivity contribution < 1.29 is 0 Å². The summed E-state index contributed by atoms with van der Waals surface area (Å²) in [7, 11) is 0. The molecule has 0 spiro atoms. The molecule has 0 aromatic carbocycles. The minimum absolute atomic E-state index is 0.551. The molecule has 0 saturated carbocycles. The molecule has 0 unspecified atom stereocenters. The van der Waals surface area contributed by atoms with Crippen molar-refractivity contribution in [2.24, 2.45) is 10.4 Å². The lowest BCUT2D eigenvalue weighted by molar-refractivity contribution is 0.654. The van der Waals surface area contributed by atoms with E-state index in [0.717, 1.165) is 22.0 Å². The summed E-state index contributed by atoms with van der Waals surface area (Å²) in [6, 6.07) is 0. The molecule has 2 aromatic heterocycles. The normalized spacial score (nSPS) is 11.1. The van der Waals surface area contributed by atoms with Gasteiger partial charge in [0.1, 0.15) is 12.7 Å². The number of aromatic amines is 2. The van der Waals surface area contributed by atoms with E-state index in [0.29, 0.717) is 0 Å². The number of nitrogens with one attached hydrogen (secondary N) is 2. The predicted molar refractivity (Wildman–Crippen MR) is 41.3 cm³/mol. The van der Waals surface area contributed by atoms with Crippen LogP contribution in [0.2, 0.25) is 0 Å². The lowest BCUT2D eigenvalue weighted by Gasteiger charge is -1.85. The average molecular weight is 196 g/mol. The largest absolute Gasteiger partial charge is 0.365 e. The lowest BCUT2D eigenvalue weighted by atomic mass is 11.2. The number of H-pyrrole nitrogens is 2. The summed E-state index contributed by atoms with van der Waals surface area (Å²) < 4.78 is 1.67. The van der Waals surface area contributed by atoms with Gasteiger partial charge in [-0.3, -0.25) is 0 Å². The van der Waals surface area contributed by atoms with Gasteiger partial charge in [-0.25, -0.2) is 19.8 Å². The van der Waals surface area contributed by atoms with Gasteiger partial charge in [-0.05, 0) is 10.4 Å². The summed E-state index contributed by atoms with van der Waals surface area (Å²) in [4.78, 5) is 21.7. The van der Waals surface area contributed by atoms with Gasteiger partial charge in [0.05, 0.1) is 0 Å². The highest BCUT2D eigenvalue weighted by Gasteiger charge is 1.95. The van der Waals surface area contributed by atoms with E-state index in [-0.39, 0.29) is 0 Å². The van der Waals surface area contributed by atoms with Crippen molar-refractivity contribution in [1.82, 2.24) is 29.7 Å². The van der Waals surface area contributed by atoms with E-state index in [1.807, 2.05) is 0 Å². The van der Waals surface area contributed by atoms with Gasteiger partial charge in [-0.1, -0.05) is 0 Å². The highest BCUT2D eigenvalue weighted by molar-refractivity contribution is 4.62. The first-order valence-corrected chi connectivity index (χ1v) is 3.44. The van der Waals surface area contributed by atoms with Crippen molar-refractivity contribution in [3.63, 3.8) is 0 Å². The molecule has 10 heteroatoms. The average Bonchev–Trinajstić information content (AvgIpc) is 2.72. The summed E-state index contributed by atoms with van der Waals surface area (Å²) >= 11 is 0. The minimum Gasteiger partial charge on any atom is -0.244 e. The first-order chi connectivity index (χ1) is 6.77. The van der Waals surface area contributed by atoms with Crippen LogP contribution in [0.3, 0.4) is 0 Å². The number of nitrogens with zero attached hydrogens (tertiary/aromatic N) is 6. The molecule has 0 radical (unpaired) electrons. The fourth-order valence-corrected chi connectivity index (χ4v) is 0.698. The van der Waals surface area contributed by atoms with Crippen LogP contribution < -0.4 is 11.4 Å². The number of rotatable bonds is 2. The van der Waals surface area contributed by atoms with E-state index in [1.165, 1.54) is 0 Å². The van der Waals surface area contributed by atoms with Gasteiger partial charge in [-0.2, -0.15) is 10.2 Å². The molecule has 0 amide bonds. The Morgan fingerprint density at radius 3 is 1.71 bits per heavy atom. The van der Waals surface area contributed by atoms with Crippen molar-refractivity contribution in [2.45, 2.75) is 0 Å². The van der Waals surface area contributed by atoms with Crippen molar-refractivity contribution in [3.05, 3.63) is 33.6 Å². The summed E-state index contributed by atoms with van der Waals surface area (Å²) in [6.07, 6.45) is 2.24. The zero-order valence-corrected chi connectivity index (χ0v) is 6.65. The molecule has 0 aliphatic rings. The van der Waals surface area contributed by atoms with Gasteiger partial charge < -0.3 is 0 Å². The number of aromatic nitrogens is 6. The second-order valence-electron chi connectivity index (χ2n) is 2.19. The highest BCUT2D eigenvalue weighted by atomic mass is 16.2. The van der Waals surface area contributed by atoms with Crippen molar-refractivity contribution in [3.8, 4) is 0 Å². The van der Waals surface area contributed by atoms with E-state index in [2.05, 4.69) is 30.8 Å². The molecule has 0 fully saturated rings. The zero-order chi connectivity index (χ0) is 9.97. The smallest absolute Gasteiger partial charge is 0.244 e. The van der Waals surface area contributed by atoms with Crippen LogP contribution in [-0.2, 0) is 0 Å².